The number of H-pyrrole nitrogens is 1. The van der Waals surface area contributed by atoms with E-state index in [1.54, 1.807) is 0 Å². The lowest BCUT2D eigenvalue weighted by Crippen LogP contribution is -2.46. The van der Waals surface area contributed by atoms with Gasteiger partial charge in [0.1, 0.15) is 0 Å². The van der Waals surface area contributed by atoms with Crippen molar-refractivity contribution in [2.75, 3.05) is 20.1 Å². The lowest BCUT2D eigenvalue weighted by molar-refractivity contribution is -0.144. The molecule has 2 aliphatic rings. The number of likely N-dealkylation sites (tertiary alicyclic amines) is 1. The van der Waals surface area contributed by atoms with Crippen molar-refractivity contribution < 1.29 is 9.59 Å². The van der Waals surface area contributed by atoms with Gasteiger partial charge in [0.2, 0.25) is 11.8 Å². The third-order valence-electron chi connectivity index (χ3n) is 6.54. The fourth-order valence-corrected chi connectivity index (χ4v) is 4.27. The predicted molar refractivity (Wildman–Crippen MR) is 106 cm³/mol. The Labute approximate surface area is 160 Å². The summed E-state index contributed by atoms with van der Waals surface area (Å²) in [5, 5.41) is 1.17. The second kappa shape index (κ2) is 7.37. The number of carbonyl (C=O) groups is 2. The van der Waals surface area contributed by atoms with Crippen molar-refractivity contribution in [3.05, 3.63) is 36.0 Å². The Morgan fingerprint density at radius 2 is 1.81 bits per heavy atom. The summed E-state index contributed by atoms with van der Waals surface area (Å²) in [6.45, 7) is 3.51. The number of hydrogen-bond donors (Lipinski definition) is 1. The summed E-state index contributed by atoms with van der Waals surface area (Å²) in [5.41, 5.74) is 2.16. The van der Waals surface area contributed by atoms with E-state index in [-0.39, 0.29) is 23.8 Å². The van der Waals surface area contributed by atoms with Crippen molar-refractivity contribution >= 4 is 22.7 Å². The molecule has 2 aromatic rings. The van der Waals surface area contributed by atoms with E-state index in [0.29, 0.717) is 5.91 Å². The van der Waals surface area contributed by atoms with Gasteiger partial charge in [-0.1, -0.05) is 24.6 Å². The van der Waals surface area contributed by atoms with Gasteiger partial charge < -0.3 is 14.8 Å². The molecular weight excluding hydrogens is 338 g/mol. The maximum atomic E-state index is 13.0. The minimum absolute atomic E-state index is 0.000428. The molecule has 27 heavy (non-hydrogen) atoms. The van der Waals surface area contributed by atoms with Crippen LogP contribution in [0.2, 0.25) is 0 Å². The monoisotopic (exact) mass is 367 g/mol. The second-order valence-corrected chi connectivity index (χ2v) is 8.16. The molecule has 2 heterocycles. The molecule has 5 nitrogen and oxygen atoms in total. The van der Waals surface area contributed by atoms with E-state index in [1.165, 1.54) is 11.8 Å². The lowest BCUT2D eigenvalue weighted by atomic mass is 9.83. The molecule has 1 N–H and O–H groups in total. The molecule has 0 radical (unpaired) electrons. The van der Waals surface area contributed by atoms with Gasteiger partial charge in [-0.05, 0) is 50.1 Å². The number of nitrogens with one attached hydrogen (secondary N) is 1. The Morgan fingerprint density at radius 1 is 1.11 bits per heavy atom. The first kappa shape index (κ1) is 18.1. The van der Waals surface area contributed by atoms with Gasteiger partial charge in [-0.3, -0.25) is 9.59 Å². The summed E-state index contributed by atoms with van der Waals surface area (Å²) in [7, 11) is 1.89. The molecule has 4 rings (SSSR count). The fraction of sp³-hybridized carbons (Fsp3) is 0.545. The van der Waals surface area contributed by atoms with E-state index in [1.807, 2.05) is 29.0 Å². The van der Waals surface area contributed by atoms with E-state index in [9.17, 15) is 9.59 Å². The summed E-state index contributed by atoms with van der Waals surface area (Å²) < 4.78 is 0. The third kappa shape index (κ3) is 3.47. The van der Waals surface area contributed by atoms with Gasteiger partial charge in [-0.2, -0.15) is 0 Å². The molecular formula is C22H29N3O2. The van der Waals surface area contributed by atoms with Gasteiger partial charge in [0.05, 0.1) is 6.04 Å². The Hall–Kier alpha value is -2.30. The number of rotatable bonds is 4. The number of fused-ring (bicyclic) bond motifs is 1. The number of nitrogens with zero attached hydrogens (tertiary/aromatic N) is 2. The maximum absolute atomic E-state index is 13.0. The highest BCUT2D eigenvalue weighted by molar-refractivity contribution is 5.83. The van der Waals surface area contributed by atoms with E-state index in [4.69, 9.17) is 0 Å². The minimum Gasteiger partial charge on any atom is -0.357 e. The third-order valence-corrected chi connectivity index (χ3v) is 6.54. The molecule has 2 amide bonds. The van der Waals surface area contributed by atoms with Crippen LogP contribution in [0.15, 0.2) is 30.3 Å². The number of carbonyl (C=O) groups excluding carboxylic acids is 2. The van der Waals surface area contributed by atoms with Crippen molar-refractivity contribution in [3.8, 4) is 0 Å². The van der Waals surface area contributed by atoms with E-state index in [2.05, 4.69) is 30.1 Å². The average molecular weight is 367 g/mol. The SMILES string of the molecule is C[C@H](c1cc2ccccc2[nH]1)N(C)C(=O)C1CCN(C(=O)C2CCC2)CC1. The summed E-state index contributed by atoms with van der Waals surface area (Å²) in [5.74, 6) is 0.776. The van der Waals surface area contributed by atoms with Crippen LogP contribution in [0.5, 0.6) is 0 Å². The topological polar surface area (TPSA) is 56.4 Å². The Bertz CT molecular complexity index is 798. The largest absolute Gasteiger partial charge is 0.357 e. The Morgan fingerprint density at radius 3 is 2.44 bits per heavy atom. The molecule has 1 saturated carbocycles. The van der Waals surface area contributed by atoms with Crippen LogP contribution in [0, 0.1) is 11.8 Å². The quantitative estimate of drug-likeness (QED) is 0.895. The highest BCUT2D eigenvalue weighted by atomic mass is 16.2. The summed E-state index contributed by atoms with van der Waals surface area (Å²) >= 11 is 0. The van der Waals surface area contributed by atoms with Crippen molar-refractivity contribution in [1.29, 1.82) is 0 Å². The van der Waals surface area contributed by atoms with Crippen molar-refractivity contribution in [1.82, 2.24) is 14.8 Å². The van der Waals surface area contributed by atoms with Crippen molar-refractivity contribution in [2.45, 2.75) is 45.1 Å². The number of para-hydroxylation sites is 1. The number of aromatic nitrogens is 1. The maximum Gasteiger partial charge on any atom is 0.226 e. The summed E-state index contributed by atoms with van der Waals surface area (Å²) in [6, 6.07) is 10.3. The zero-order valence-corrected chi connectivity index (χ0v) is 16.3. The number of amides is 2. The van der Waals surface area contributed by atoms with Crippen molar-refractivity contribution in [3.63, 3.8) is 0 Å². The highest BCUT2D eigenvalue weighted by Crippen LogP contribution is 2.31. The molecule has 1 aliphatic carbocycles. The molecule has 1 aromatic heterocycles. The minimum atomic E-state index is -0.000428. The van der Waals surface area contributed by atoms with Gasteiger partial charge in [0.25, 0.3) is 0 Å². The molecule has 1 saturated heterocycles. The Balaban J connectivity index is 1.36. The first-order valence-corrected chi connectivity index (χ1v) is 10.2. The zero-order chi connectivity index (χ0) is 19.0. The van der Waals surface area contributed by atoms with Crippen LogP contribution in [0.1, 0.15) is 50.8 Å². The lowest BCUT2D eigenvalue weighted by Gasteiger charge is -2.37. The van der Waals surface area contributed by atoms with Gasteiger partial charge in [0, 0.05) is 43.2 Å². The molecule has 1 atom stereocenters. The molecule has 2 fully saturated rings. The van der Waals surface area contributed by atoms with Crippen LogP contribution in [0.4, 0.5) is 0 Å². The molecule has 0 spiro atoms. The predicted octanol–water partition coefficient (Wildman–Crippen LogP) is 3.73. The first-order chi connectivity index (χ1) is 13.0. The van der Waals surface area contributed by atoms with Crippen LogP contribution >= 0.6 is 0 Å². The van der Waals surface area contributed by atoms with E-state index in [0.717, 1.165) is 50.0 Å². The van der Waals surface area contributed by atoms with E-state index < -0.39 is 0 Å². The number of piperidine rings is 1. The second-order valence-electron chi connectivity index (χ2n) is 8.16. The molecule has 0 bridgehead atoms. The Kier molecular flexibility index (Phi) is 4.94. The molecule has 5 heteroatoms. The smallest absolute Gasteiger partial charge is 0.226 e. The zero-order valence-electron chi connectivity index (χ0n) is 16.3. The van der Waals surface area contributed by atoms with E-state index >= 15 is 0 Å². The summed E-state index contributed by atoms with van der Waals surface area (Å²) in [4.78, 5) is 32.7. The van der Waals surface area contributed by atoms with Crippen LogP contribution in [0.25, 0.3) is 10.9 Å². The summed E-state index contributed by atoms with van der Waals surface area (Å²) in [6.07, 6.45) is 4.83. The van der Waals surface area contributed by atoms with Gasteiger partial charge in [-0.25, -0.2) is 0 Å². The molecule has 144 valence electrons. The normalized spacial score (nSPS) is 19.7. The average Bonchev–Trinajstić information content (AvgIpc) is 3.09. The highest BCUT2D eigenvalue weighted by Gasteiger charge is 2.34. The fourth-order valence-electron chi connectivity index (χ4n) is 4.27. The van der Waals surface area contributed by atoms with Crippen LogP contribution in [0.3, 0.4) is 0 Å². The number of hydrogen-bond acceptors (Lipinski definition) is 2. The van der Waals surface area contributed by atoms with Gasteiger partial charge in [0.15, 0.2) is 0 Å². The van der Waals surface area contributed by atoms with Gasteiger partial charge >= 0.3 is 0 Å². The van der Waals surface area contributed by atoms with Crippen LogP contribution < -0.4 is 0 Å². The van der Waals surface area contributed by atoms with Crippen LogP contribution in [-0.2, 0) is 9.59 Å². The van der Waals surface area contributed by atoms with Gasteiger partial charge in [-0.15, -0.1) is 0 Å². The number of benzene rings is 1. The molecule has 0 unspecified atom stereocenters. The van der Waals surface area contributed by atoms with Crippen LogP contribution in [-0.4, -0.2) is 46.7 Å². The first-order valence-electron chi connectivity index (χ1n) is 10.2. The molecule has 1 aromatic carbocycles. The molecule has 1 aliphatic heterocycles. The van der Waals surface area contributed by atoms with Crippen molar-refractivity contribution in [2.24, 2.45) is 11.8 Å². The number of aromatic amines is 1. The standard InChI is InChI=1S/C22H29N3O2/c1-15(20-14-18-6-3-4-9-19(18)23-20)24(2)21(26)17-10-12-25(13-11-17)22(27)16-7-5-8-16/h3-4,6,9,14-17,23H,5,7-8,10-13H2,1-2H3/t15-/m1/s1.